The quantitative estimate of drug-likeness (QED) is 0.0614. The van der Waals surface area contributed by atoms with E-state index in [1.165, 1.54) is 86.2 Å². The molecule has 0 fully saturated rings. The third-order valence-corrected chi connectivity index (χ3v) is 15.8. The van der Waals surface area contributed by atoms with Crippen LogP contribution in [0.3, 0.4) is 0 Å². The van der Waals surface area contributed by atoms with Gasteiger partial charge in [0.15, 0.2) is 0 Å². The lowest BCUT2D eigenvalue weighted by Gasteiger charge is -2.46. The Bertz CT molecular complexity index is 1640. The highest BCUT2D eigenvalue weighted by atomic mass is 16.2. The SMILES string of the molecule is CCCCC(C)(CCCCCCCCC(CC)C(C)CCCCCCCCN1C(=O)c2cc3c(cc2C1=O)C(CCC)(C(C)C(C)(CC)CC)NC3=O)N1C(=O)C=CC1=O. The van der Waals surface area contributed by atoms with E-state index in [9.17, 15) is 24.0 Å². The van der Waals surface area contributed by atoms with Gasteiger partial charge in [0.2, 0.25) is 0 Å². The summed E-state index contributed by atoms with van der Waals surface area (Å²) >= 11 is 0. The van der Waals surface area contributed by atoms with Crippen molar-refractivity contribution >= 4 is 29.5 Å². The molecule has 60 heavy (non-hydrogen) atoms. The summed E-state index contributed by atoms with van der Waals surface area (Å²) in [6.07, 6.45) is 28.0. The first-order chi connectivity index (χ1) is 28.7. The zero-order valence-corrected chi connectivity index (χ0v) is 39.4. The number of amides is 5. The summed E-state index contributed by atoms with van der Waals surface area (Å²) in [7, 11) is 0. The van der Waals surface area contributed by atoms with Crippen molar-refractivity contribution in [3.05, 3.63) is 46.5 Å². The predicted molar refractivity (Wildman–Crippen MR) is 245 cm³/mol. The Kier molecular flexibility index (Phi) is 18.7. The third kappa shape index (κ3) is 11.2. The van der Waals surface area contributed by atoms with E-state index >= 15 is 0 Å². The van der Waals surface area contributed by atoms with Gasteiger partial charge in [0, 0.05) is 29.8 Å². The zero-order valence-electron chi connectivity index (χ0n) is 39.4. The molecule has 0 spiro atoms. The summed E-state index contributed by atoms with van der Waals surface area (Å²) in [6.45, 7) is 20.6. The summed E-state index contributed by atoms with van der Waals surface area (Å²) in [4.78, 5) is 68.5. The smallest absolute Gasteiger partial charge is 0.261 e. The van der Waals surface area contributed by atoms with Gasteiger partial charge in [-0.1, -0.05) is 177 Å². The second-order valence-electron chi connectivity index (χ2n) is 19.6. The number of fused-ring (bicyclic) bond motifs is 2. The van der Waals surface area contributed by atoms with Crippen LogP contribution in [0, 0.1) is 23.2 Å². The van der Waals surface area contributed by atoms with E-state index in [0.29, 0.717) is 23.2 Å². The van der Waals surface area contributed by atoms with Gasteiger partial charge in [0.1, 0.15) is 0 Å². The monoisotopic (exact) mass is 830 g/mol. The number of carbonyl (C=O) groups is 5. The van der Waals surface area contributed by atoms with E-state index in [-0.39, 0.29) is 46.4 Å². The summed E-state index contributed by atoms with van der Waals surface area (Å²) in [5.41, 5.74) is 1.39. The number of nitrogens with zero attached hydrogens (tertiary/aromatic N) is 2. The molecule has 5 unspecified atom stereocenters. The first-order valence-corrected chi connectivity index (χ1v) is 24.6. The van der Waals surface area contributed by atoms with Gasteiger partial charge in [-0.2, -0.15) is 0 Å². The first kappa shape index (κ1) is 49.4. The second kappa shape index (κ2) is 22.7. The molecule has 3 aliphatic heterocycles. The van der Waals surface area contributed by atoms with Crippen LogP contribution in [0.25, 0.3) is 0 Å². The highest BCUT2D eigenvalue weighted by Crippen LogP contribution is 2.51. The molecule has 5 amide bonds. The fourth-order valence-corrected chi connectivity index (χ4v) is 11.1. The van der Waals surface area contributed by atoms with Crippen molar-refractivity contribution in [2.75, 3.05) is 6.54 Å². The van der Waals surface area contributed by atoms with Gasteiger partial charge in [0.25, 0.3) is 29.5 Å². The zero-order chi connectivity index (χ0) is 44.1. The first-order valence-electron chi connectivity index (χ1n) is 24.6. The fourth-order valence-electron chi connectivity index (χ4n) is 11.1. The van der Waals surface area contributed by atoms with E-state index < -0.39 is 5.54 Å². The highest BCUT2D eigenvalue weighted by Gasteiger charge is 2.52. The molecule has 0 aliphatic carbocycles. The van der Waals surface area contributed by atoms with Crippen molar-refractivity contribution < 1.29 is 24.0 Å². The lowest BCUT2D eigenvalue weighted by Crippen LogP contribution is -2.50. The maximum atomic E-state index is 13.7. The van der Waals surface area contributed by atoms with E-state index in [4.69, 9.17) is 0 Å². The minimum absolute atomic E-state index is 0.0218. The van der Waals surface area contributed by atoms with Gasteiger partial charge in [0.05, 0.1) is 16.7 Å². The van der Waals surface area contributed by atoms with Crippen LogP contribution in [-0.4, -0.2) is 51.4 Å². The maximum Gasteiger partial charge on any atom is 0.261 e. The number of rotatable bonds is 30. The molecule has 1 aromatic carbocycles. The number of unbranched alkanes of at least 4 members (excludes halogenated alkanes) is 11. The summed E-state index contributed by atoms with van der Waals surface area (Å²) in [5.74, 6) is 0.770. The van der Waals surface area contributed by atoms with Crippen LogP contribution in [-0.2, 0) is 15.1 Å². The minimum Gasteiger partial charge on any atom is -0.342 e. The average Bonchev–Trinajstić information content (AvgIpc) is 3.82. The Morgan fingerprint density at radius 2 is 1.17 bits per heavy atom. The van der Waals surface area contributed by atoms with Crippen molar-refractivity contribution in [3.63, 3.8) is 0 Å². The number of benzene rings is 1. The molecular formula is C52H83N3O5. The topological polar surface area (TPSA) is 104 Å². The molecule has 1 N–H and O–H groups in total. The number of imide groups is 2. The number of hydrogen-bond acceptors (Lipinski definition) is 5. The standard InChI is InChI=1S/C52H83N3O5/c1-10-15-33-51(9,55-45(56)30-31-46(55)57)34-26-22-18-16-21-25-29-40(12-3)38(6)28-24-20-17-19-23-27-35-54-48(59)41-36-43-44(37-42(41)49(54)60)52(32-11-2,53-47(43)58)39(7)50(8,13-4)14-5/h30-31,36-40H,10-29,32-35H2,1-9H3,(H,53,58). The summed E-state index contributed by atoms with van der Waals surface area (Å²) < 4.78 is 0. The summed E-state index contributed by atoms with van der Waals surface area (Å²) in [5, 5.41) is 3.37. The van der Waals surface area contributed by atoms with Crippen LogP contribution >= 0.6 is 0 Å². The molecule has 5 atom stereocenters. The molecule has 0 saturated carbocycles. The van der Waals surface area contributed by atoms with Gasteiger partial charge >= 0.3 is 0 Å². The lowest BCUT2D eigenvalue weighted by molar-refractivity contribution is -0.144. The highest BCUT2D eigenvalue weighted by molar-refractivity contribution is 6.22. The van der Waals surface area contributed by atoms with Gasteiger partial charge in [-0.25, -0.2) is 0 Å². The average molecular weight is 830 g/mol. The number of nitrogens with one attached hydrogen (secondary N) is 1. The van der Waals surface area contributed by atoms with Crippen molar-refractivity contribution in [2.24, 2.45) is 23.2 Å². The molecule has 3 aliphatic rings. The van der Waals surface area contributed by atoms with Crippen LogP contribution in [0.5, 0.6) is 0 Å². The minimum atomic E-state index is -0.552. The second-order valence-corrected chi connectivity index (χ2v) is 19.6. The van der Waals surface area contributed by atoms with Crippen molar-refractivity contribution in [1.29, 1.82) is 0 Å². The fraction of sp³-hybridized carbons (Fsp3) is 0.750. The van der Waals surface area contributed by atoms with Gasteiger partial charge in [-0.15, -0.1) is 0 Å². The Hall–Kier alpha value is -3.29. The largest absolute Gasteiger partial charge is 0.342 e. The Morgan fingerprint density at radius 3 is 1.73 bits per heavy atom. The van der Waals surface area contributed by atoms with Gasteiger partial charge < -0.3 is 5.32 Å². The van der Waals surface area contributed by atoms with Crippen molar-refractivity contribution in [3.8, 4) is 0 Å². The van der Waals surface area contributed by atoms with Crippen LogP contribution < -0.4 is 5.32 Å². The third-order valence-electron chi connectivity index (χ3n) is 15.8. The van der Waals surface area contributed by atoms with Crippen LogP contribution in [0.2, 0.25) is 0 Å². The predicted octanol–water partition coefficient (Wildman–Crippen LogP) is 12.9. The van der Waals surface area contributed by atoms with E-state index in [1.807, 2.05) is 6.07 Å². The van der Waals surface area contributed by atoms with Crippen molar-refractivity contribution in [1.82, 2.24) is 15.1 Å². The lowest BCUT2D eigenvalue weighted by atomic mass is 9.62. The van der Waals surface area contributed by atoms with Gasteiger partial charge in [-0.3, -0.25) is 33.8 Å². The number of hydrogen-bond donors (Lipinski definition) is 1. The Balaban J connectivity index is 1.12. The van der Waals surface area contributed by atoms with E-state index in [1.54, 1.807) is 6.07 Å². The molecule has 3 heterocycles. The molecule has 0 saturated heterocycles. The van der Waals surface area contributed by atoms with E-state index in [0.717, 1.165) is 101 Å². The maximum absolute atomic E-state index is 13.7. The molecule has 336 valence electrons. The summed E-state index contributed by atoms with van der Waals surface area (Å²) in [6, 6.07) is 3.60. The molecule has 1 aromatic rings. The van der Waals surface area contributed by atoms with Crippen LogP contribution in [0.4, 0.5) is 0 Å². The normalized spacial score (nSPS) is 20.2. The number of carbonyl (C=O) groups excluding carboxylic acids is 5. The van der Waals surface area contributed by atoms with E-state index in [2.05, 4.69) is 67.6 Å². The molecule has 0 aromatic heterocycles. The molecular weight excluding hydrogens is 747 g/mol. The Labute approximate surface area is 364 Å². The molecule has 0 bridgehead atoms. The van der Waals surface area contributed by atoms with Crippen LogP contribution in [0.15, 0.2) is 24.3 Å². The van der Waals surface area contributed by atoms with Crippen molar-refractivity contribution in [2.45, 2.75) is 221 Å². The van der Waals surface area contributed by atoms with Gasteiger partial charge in [-0.05, 0) is 73.5 Å². The van der Waals surface area contributed by atoms with Crippen LogP contribution in [0.1, 0.15) is 247 Å². The molecule has 4 rings (SSSR count). The molecule has 8 heteroatoms. The molecule has 8 nitrogen and oxygen atoms in total. The molecule has 0 radical (unpaired) electrons. The Morgan fingerprint density at radius 1 is 0.633 bits per heavy atom.